The number of urea groups is 1. The summed E-state index contributed by atoms with van der Waals surface area (Å²) in [6, 6.07) is 8.32. The van der Waals surface area contributed by atoms with Crippen LogP contribution in [0.3, 0.4) is 0 Å². The Kier molecular flexibility index (Phi) is 4.78. The molecule has 2 N–H and O–H groups in total. The quantitative estimate of drug-likeness (QED) is 0.697. The zero-order chi connectivity index (χ0) is 18.9. The maximum atomic E-state index is 12.9. The first kappa shape index (κ1) is 18.1. The van der Waals surface area contributed by atoms with Crippen LogP contribution in [0.1, 0.15) is 11.1 Å². The Labute approximate surface area is 151 Å². The van der Waals surface area contributed by atoms with Crippen molar-refractivity contribution < 1.29 is 18.0 Å². The van der Waals surface area contributed by atoms with Gasteiger partial charge in [0.1, 0.15) is 0 Å². The largest absolute Gasteiger partial charge is 0.417 e. The highest BCUT2D eigenvalue weighted by atomic mass is 35.5. The van der Waals surface area contributed by atoms with Crippen LogP contribution in [0.4, 0.5) is 23.7 Å². The molecule has 2 aromatic carbocycles. The SMILES string of the molecule is Cn1ncc2c(NC(=O)NCc3ccc(Cl)c(C(F)(F)F)c3)cccc21. The van der Waals surface area contributed by atoms with Gasteiger partial charge in [0.15, 0.2) is 0 Å². The van der Waals surface area contributed by atoms with Crippen molar-refractivity contribution in [2.24, 2.45) is 7.05 Å². The van der Waals surface area contributed by atoms with Crippen LogP contribution < -0.4 is 10.6 Å². The van der Waals surface area contributed by atoms with Gasteiger partial charge < -0.3 is 10.6 Å². The summed E-state index contributed by atoms with van der Waals surface area (Å²) in [6.45, 7) is -0.0743. The number of anilines is 1. The molecule has 1 aromatic heterocycles. The molecular formula is C17H14ClF3N4O. The van der Waals surface area contributed by atoms with Crippen LogP contribution in [0.15, 0.2) is 42.6 Å². The second kappa shape index (κ2) is 6.87. The number of nitrogens with zero attached hydrogens (tertiary/aromatic N) is 2. The molecule has 0 fully saturated rings. The Bertz CT molecular complexity index is 968. The maximum absolute atomic E-state index is 12.9. The minimum absolute atomic E-state index is 0.0743. The van der Waals surface area contributed by atoms with Crippen molar-refractivity contribution in [3.63, 3.8) is 0 Å². The van der Waals surface area contributed by atoms with E-state index >= 15 is 0 Å². The average Bonchev–Trinajstić information content (AvgIpc) is 2.95. The van der Waals surface area contributed by atoms with Crippen molar-refractivity contribution in [2.45, 2.75) is 12.7 Å². The van der Waals surface area contributed by atoms with Gasteiger partial charge in [-0.15, -0.1) is 0 Å². The fourth-order valence-corrected chi connectivity index (χ4v) is 2.76. The third kappa shape index (κ3) is 3.75. The summed E-state index contributed by atoms with van der Waals surface area (Å²) in [7, 11) is 1.78. The van der Waals surface area contributed by atoms with Crippen molar-refractivity contribution in [1.82, 2.24) is 15.1 Å². The van der Waals surface area contributed by atoms with E-state index in [0.717, 1.165) is 23.0 Å². The number of hydrogen-bond donors (Lipinski definition) is 2. The predicted molar refractivity (Wildman–Crippen MR) is 93.0 cm³/mol. The normalized spacial score (nSPS) is 11.6. The molecule has 0 bridgehead atoms. The molecule has 0 saturated heterocycles. The fourth-order valence-electron chi connectivity index (χ4n) is 2.53. The van der Waals surface area contributed by atoms with Gasteiger partial charge >= 0.3 is 12.2 Å². The van der Waals surface area contributed by atoms with E-state index in [4.69, 9.17) is 11.6 Å². The summed E-state index contributed by atoms with van der Waals surface area (Å²) < 4.78 is 40.3. The maximum Gasteiger partial charge on any atom is 0.417 e. The summed E-state index contributed by atoms with van der Waals surface area (Å²) in [5.74, 6) is 0. The molecule has 0 atom stereocenters. The lowest BCUT2D eigenvalue weighted by atomic mass is 10.1. The Balaban J connectivity index is 1.69. The molecule has 0 unspecified atom stereocenters. The number of fused-ring (bicyclic) bond motifs is 1. The number of carbonyl (C=O) groups excluding carboxylic acids is 1. The van der Waals surface area contributed by atoms with Gasteiger partial charge in [-0.3, -0.25) is 4.68 Å². The highest BCUT2D eigenvalue weighted by molar-refractivity contribution is 6.31. The lowest BCUT2D eigenvalue weighted by Gasteiger charge is -2.12. The summed E-state index contributed by atoms with van der Waals surface area (Å²) in [5, 5.41) is 9.71. The van der Waals surface area contributed by atoms with E-state index < -0.39 is 17.8 Å². The molecule has 3 aromatic rings. The summed E-state index contributed by atoms with van der Waals surface area (Å²) in [6.07, 6.45) is -2.93. The van der Waals surface area contributed by atoms with Gasteiger partial charge in [-0.05, 0) is 29.8 Å². The molecule has 26 heavy (non-hydrogen) atoms. The van der Waals surface area contributed by atoms with Crippen molar-refractivity contribution in [1.29, 1.82) is 0 Å². The highest BCUT2D eigenvalue weighted by Crippen LogP contribution is 2.35. The van der Waals surface area contributed by atoms with Gasteiger partial charge in [0.2, 0.25) is 0 Å². The molecule has 9 heteroatoms. The molecule has 5 nitrogen and oxygen atoms in total. The first-order valence-corrected chi connectivity index (χ1v) is 7.94. The molecule has 0 aliphatic carbocycles. The second-order valence-corrected chi connectivity index (χ2v) is 6.03. The first-order chi connectivity index (χ1) is 12.3. The van der Waals surface area contributed by atoms with Gasteiger partial charge in [-0.2, -0.15) is 18.3 Å². The van der Waals surface area contributed by atoms with Crippen molar-refractivity contribution in [3.05, 3.63) is 58.7 Å². The monoisotopic (exact) mass is 382 g/mol. The molecule has 0 aliphatic heterocycles. The van der Waals surface area contributed by atoms with Crippen molar-refractivity contribution in [3.8, 4) is 0 Å². The van der Waals surface area contributed by atoms with Crippen LogP contribution >= 0.6 is 11.6 Å². The van der Waals surface area contributed by atoms with Crippen LogP contribution in [0.5, 0.6) is 0 Å². The number of halogens is 4. The van der Waals surface area contributed by atoms with E-state index in [1.54, 1.807) is 30.1 Å². The van der Waals surface area contributed by atoms with E-state index in [0.29, 0.717) is 5.69 Å². The summed E-state index contributed by atoms with van der Waals surface area (Å²) in [5.41, 5.74) is 0.756. The van der Waals surface area contributed by atoms with Crippen molar-refractivity contribution in [2.75, 3.05) is 5.32 Å². The molecule has 0 aliphatic rings. The van der Waals surface area contributed by atoms with Gasteiger partial charge in [0.05, 0.1) is 28.0 Å². The number of aryl methyl sites for hydroxylation is 1. The molecule has 0 radical (unpaired) electrons. The standard InChI is InChI=1S/C17H14ClF3N4O/c1-25-15-4-2-3-14(11(15)9-23-25)24-16(26)22-8-10-5-6-13(18)12(7-10)17(19,20)21/h2-7,9H,8H2,1H3,(H2,22,24,26). The van der Waals surface area contributed by atoms with Gasteiger partial charge in [0.25, 0.3) is 0 Å². The molecule has 3 rings (SSSR count). The predicted octanol–water partition coefficient (Wildman–Crippen LogP) is 4.57. The number of hydrogen-bond acceptors (Lipinski definition) is 2. The number of rotatable bonds is 3. The van der Waals surface area contributed by atoms with E-state index in [1.807, 2.05) is 6.07 Å². The Hall–Kier alpha value is -2.74. The molecule has 0 saturated carbocycles. The third-order valence-electron chi connectivity index (χ3n) is 3.83. The second-order valence-electron chi connectivity index (χ2n) is 5.63. The smallest absolute Gasteiger partial charge is 0.334 e. The number of nitrogens with one attached hydrogen (secondary N) is 2. The van der Waals surface area contributed by atoms with Crippen LogP contribution in [-0.4, -0.2) is 15.8 Å². The zero-order valence-corrected chi connectivity index (χ0v) is 14.3. The molecule has 1 heterocycles. The van der Waals surface area contributed by atoms with Gasteiger partial charge in [-0.1, -0.05) is 23.7 Å². The first-order valence-electron chi connectivity index (χ1n) is 7.57. The fraction of sp³-hybridized carbons (Fsp3) is 0.176. The van der Waals surface area contributed by atoms with Crippen molar-refractivity contribution >= 4 is 34.2 Å². The van der Waals surface area contributed by atoms with E-state index in [2.05, 4.69) is 15.7 Å². The Morgan fingerprint density at radius 3 is 2.77 bits per heavy atom. The molecule has 0 spiro atoms. The number of amides is 2. The van der Waals surface area contributed by atoms with Gasteiger partial charge in [-0.25, -0.2) is 4.79 Å². The van der Waals surface area contributed by atoms with Crippen LogP contribution in [0.2, 0.25) is 5.02 Å². The number of aromatic nitrogens is 2. The highest BCUT2D eigenvalue weighted by Gasteiger charge is 2.33. The average molecular weight is 383 g/mol. The Morgan fingerprint density at radius 1 is 1.27 bits per heavy atom. The summed E-state index contributed by atoms with van der Waals surface area (Å²) in [4.78, 5) is 12.1. The van der Waals surface area contributed by atoms with E-state index in [-0.39, 0.29) is 17.1 Å². The van der Waals surface area contributed by atoms with E-state index in [9.17, 15) is 18.0 Å². The van der Waals surface area contributed by atoms with Crippen LogP contribution in [-0.2, 0) is 19.8 Å². The summed E-state index contributed by atoms with van der Waals surface area (Å²) >= 11 is 5.58. The van der Waals surface area contributed by atoms with Crippen LogP contribution in [0.25, 0.3) is 10.9 Å². The van der Waals surface area contributed by atoms with Crippen LogP contribution in [0, 0.1) is 0 Å². The number of alkyl halides is 3. The third-order valence-corrected chi connectivity index (χ3v) is 4.16. The minimum atomic E-state index is -4.55. The molecule has 2 amide bonds. The lowest BCUT2D eigenvalue weighted by Crippen LogP contribution is -2.28. The molecule has 136 valence electrons. The number of carbonyl (C=O) groups is 1. The molecular weight excluding hydrogens is 369 g/mol. The zero-order valence-electron chi connectivity index (χ0n) is 13.6. The minimum Gasteiger partial charge on any atom is -0.334 e. The lowest BCUT2D eigenvalue weighted by molar-refractivity contribution is -0.137. The van der Waals surface area contributed by atoms with Gasteiger partial charge in [0, 0.05) is 19.0 Å². The Morgan fingerprint density at radius 2 is 2.04 bits per heavy atom. The number of benzene rings is 2. The topological polar surface area (TPSA) is 59.0 Å². The van der Waals surface area contributed by atoms with E-state index in [1.165, 1.54) is 6.07 Å².